The Kier molecular flexibility index (Phi) is 2.14. The van der Waals surface area contributed by atoms with Gasteiger partial charge in [-0.25, -0.2) is 9.78 Å². The summed E-state index contributed by atoms with van der Waals surface area (Å²) in [6.45, 7) is 0. The SMILES string of the molecule is CNc1ccc(O)c(C(=O)O)n1. The maximum atomic E-state index is 10.4. The van der Waals surface area contributed by atoms with Crippen molar-refractivity contribution in [2.45, 2.75) is 0 Å². The van der Waals surface area contributed by atoms with Crippen molar-refractivity contribution in [3.63, 3.8) is 0 Å². The third kappa shape index (κ3) is 1.45. The zero-order valence-electron chi connectivity index (χ0n) is 6.40. The van der Waals surface area contributed by atoms with E-state index < -0.39 is 5.97 Å². The molecule has 0 aliphatic rings. The van der Waals surface area contributed by atoms with E-state index in [2.05, 4.69) is 10.3 Å². The molecule has 5 nitrogen and oxygen atoms in total. The smallest absolute Gasteiger partial charge is 0.358 e. The van der Waals surface area contributed by atoms with Gasteiger partial charge in [-0.3, -0.25) is 0 Å². The number of aromatic hydroxyl groups is 1. The number of pyridine rings is 1. The first-order valence-corrected chi connectivity index (χ1v) is 3.26. The number of aromatic carboxylic acids is 1. The Balaban J connectivity index is 3.17. The third-order valence-electron chi connectivity index (χ3n) is 1.33. The Hall–Kier alpha value is -1.78. The van der Waals surface area contributed by atoms with E-state index in [-0.39, 0.29) is 11.4 Å². The quantitative estimate of drug-likeness (QED) is 0.599. The number of nitrogens with one attached hydrogen (secondary N) is 1. The van der Waals surface area contributed by atoms with E-state index in [9.17, 15) is 4.79 Å². The minimum Gasteiger partial charge on any atom is -0.505 e. The molecular weight excluding hydrogens is 160 g/mol. The van der Waals surface area contributed by atoms with Crippen LogP contribution in [0.2, 0.25) is 0 Å². The van der Waals surface area contributed by atoms with Gasteiger partial charge in [0.2, 0.25) is 0 Å². The van der Waals surface area contributed by atoms with Crippen LogP contribution in [0.1, 0.15) is 10.5 Å². The standard InChI is InChI=1S/C7H8N2O3/c1-8-5-3-2-4(10)6(9-5)7(11)12/h2-3,10H,1H3,(H,8,9)(H,11,12). The average Bonchev–Trinajstić information content (AvgIpc) is 2.05. The minimum absolute atomic E-state index is 0.332. The van der Waals surface area contributed by atoms with Crippen LogP contribution in [0.5, 0.6) is 5.75 Å². The van der Waals surface area contributed by atoms with Crippen LogP contribution in [0.25, 0.3) is 0 Å². The number of aromatic nitrogens is 1. The van der Waals surface area contributed by atoms with Crippen molar-refractivity contribution in [2.24, 2.45) is 0 Å². The van der Waals surface area contributed by atoms with Gasteiger partial charge in [0.25, 0.3) is 0 Å². The molecular formula is C7H8N2O3. The fourth-order valence-electron chi connectivity index (χ4n) is 0.748. The first-order valence-electron chi connectivity index (χ1n) is 3.26. The van der Waals surface area contributed by atoms with Crippen molar-refractivity contribution in [1.29, 1.82) is 0 Å². The largest absolute Gasteiger partial charge is 0.505 e. The highest BCUT2D eigenvalue weighted by atomic mass is 16.4. The highest BCUT2D eigenvalue weighted by molar-refractivity contribution is 5.88. The van der Waals surface area contributed by atoms with Gasteiger partial charge in [-0.15, -0.1) is 0 Å². The molecule has 1 aromatic rings. The monoisotopic (exact) mass is 168 g/mol. The first-order chi connectivity index (χ1) is 5.65. The number of anilines is 1. The summed E-state index contributed by atoms with van der Waals surface area (Å²) in [5.74, 6) is -1.17. The van der Waals surface area contributed by atoms with Gasteiger partial charge in [0.15, 0.2) is 5.69 Å². The summed E-state index contributed by atoms with van der Waals surface area (Å²) < 4.78 is 0. The molecule has 12 heavy (non-hydrogen) atoms. The number of carbonyl (C=O) groups is 1. The Morgan fingerprint density at radius 3 is 2.75 bits per heavy atom. The van der Waals surface area contributed by atoms with E-state index in [1.54, 1.807) is 7.05 Å². The molecule has 0 saturated carbocycles. The molecule has 3 N–H and O–H groups in total. The molecule has 1 heterocycles. The second-order valence-electron chi connectivity index (χ2n) is 2.12. The van der Waals surface area contributed by atoms with Crippen molar-refractivity contribution in [3.8, 4) is 5.75 Å². The van der Waals surface area contributed by atoms with Gasteiger partial charge in [0, 0.05) is 7.05 Å². The lowest BCUT2D eigenvalue weighted by Crippen LogP contribution is -2.03. The van der Waals surface area contributed by atoms with Crippen LogP contribution in [-0.2, 0) is 0 Å². The normalized spacial score (nSPS) is 9.42. The molecule has 0 radical (unpaired) electrons. The van der Waals surface area contributed by atoms with E-state index >= 15 is 0 Å². The van der Waals surface area contributed by atoms with Gasteiger partial charge in [0.05, 0.1) is 0 Å². The molecule has 0 aliphatic carbocycles. The van der Waals surface area contributed by atoms with Gasteiger partial charge in [-0.2, -0.15) is 0 Å². The molecule has 0 saturated heterocycles. The van der Waals surface area contributed by atoms with Gasteiger partial charge in [-0.05, 0) is 12.1 Å². The van der Waals surface area contributed by atoms with Crippen LogP contribution in [0.4, 0.5) is 5.82 Å². The molecule has 0 spiro atoms. The lowest BCUT2D eigenvalue weighted by molar-refractivity contribution is 0.0687. The lowest BCUT2D eigenvalue weighted by Gasteiger charge is -2.01. The molecule has 0 amide bonds. The molecule has 0 aliphatic heterocycles. The average molecular weight is 168 g/mol. The van der Waals surface area contributed by atoms with E-state index in [0.717, 1.165) is 0 Å². The highest BCUT2D eigenvalue weighted by Gasteiger charge is 2.11. The Bertz CT molecular complexity index is 312. The summed E-state index contributed by atoms with van der Waals surface area (Å²) in [6.07, 6.45) is 0. The van der Waals surface area contributed by atoms with Crippen LogP contribution < -0.4 is 5.32 Å². The van der Waals surface area contributed by atoms with E-state index in [1.165, 1.54) is 12.1 Å². The number of carboxylic acids is 1. The molecule has 5 heteroatoms. The fraction of sp³-hybridized carbons (Fsp3) is 0.143. The van der Waals surface area contributed by atoms with E-state index in [4.69, 9.17) is 10.2 Å². The van der Waals surface area contributed by atoms with Crippen molar-refractivity contribution in [3.05, 3.63) is 17.8 Å². The molecule has 0 fully saturated rings. The molecule has 1 rings (SSSR count). The van der Waals surface area contributed by atoms with Crippen LogP contribution >= 0.6 is 0 Å². The number of rotatable bonds is 2. The Morgan fingerprint density at radius 1 is 1.58 bits per heavy atom. The van der Waals surface area contributed by atoms with E-state index in [0.29, 0.717) is 5.82 Å². The second kappa shape index (κ2) is 3.08. The molecule has 1 aromatic heterocycles. The first kappa shape index (κ1) is 8.32. The van der Waals surface area contributed by atoms with Gasteiger partial charge < -0.3 is 15.5 Å². The molecule has 0 bridgehead atoms. The third-order valence-corrected chi connectivity index (χ3v) is 1.33. The lowest BCUT2D eigenvalue weighted by atomic mass is 10.3. The van der Waals surface area contributed by atoms with Crippen molar-refractivity contribution < 1.29 is 15.0 Å². The molecule has 64 valence electrons. The zero-order valence-corrected chi connectivity index (χ0v) is 6.40. The maximum Gasteiger partial charge on any atom is 0.358 e. The molecule has 0 aromatic carbocycles. The van der Waals surface area contributed by atoms with E-state index in [1.807, 2.05) is 0 Å². The number of hydrogen-bond donors (Lipinski definition) is 3. The molecule has 0 atom stereocenters. The summed E-state index contributed by atoms with van der Waals surface area (Å²) in [6, 6.07) is 2.77. The summed E-state index contributed by atoms with van der Waals surface area (Å²) in [4.78, 5) is 14.1. The maximum absolute atomic E-state index is 10.4. The second-order valence-corrected chi connectivity index (χ2v) is 2.12. The van der Waals surface area contributed by atoms with Crippen LogP contribution in [0.15, 0.2) is 12.1 Å². The summed E-state index contributed by atoms with van der Waals surface area (Å²) in [5, 5.41) is 20.2. The summed E-state index contributed by atoms with van der Waals surface area (Å²) >= 11 is 0. The van der Waals surface area contributed by atoms with Gasteiger partial charge >= 0.3 is 5.97 Å². The van der Waals surface area contributed by atoms with Crippen LogP contribution in [-0.4, -0.2) is 28.2 Å². The number of hydrogen-bond acceptors (Lipinski definition) is 4. The van der Waals surface area contributed by atoms with Crippen molar-refractivity contribution >= 4 is 11.8 Å². The zero-order chi connectivity index (χ0) is 9.14. The number of nitrogens with zero attached hydrogens (tertiary/aromatic N) is 1. The highest BCUT2D eigenvalue weighted by Crippen LogP contribution is 2.16. The summed E-state index contributed by atoms with van der Waals surface area (Å²) in [7, 11) is 1.62. The fourth-order valence-corrected chi connectivity index (χ4v) is 0.748. The topological polar surface area (TPSA) is 82.5 Å². The van der Waals surface area contributed by atoms with Gasteiger partial charge in [0.1, 0.15) is 11.6 Å². The predicted molar refractivity (Wildman–Crippen MR) is 42.4 cm³/mol. The van der Waals surface area contributed by atoms with Crippen LogP contribution in [0.3, 0.4) is 0 Å². The Morgan fingerprint density at radius 2 is 2.25 bits per heavy atom. The van der Waals surface area contributed by atoms with Crippen molar-refractivity contribution in [2.75, 3.05) is 12.4 Å². The Labute approximate surface area is 68.7 Å². The summed E-state index contributed by atoms with van der Waals surface area (Å²) in [5.41, 5.74) is -0.346. The van der Waals surface area contributed by atoms with Gasteiger partial charge in [-0.1, -0.05) is 0 Å². The predicted octanol–water partition coefficient (Wildman–Crippen LogP) is 0.527. The molecule has 0 unspecified atom stereocenters. The van der Waals surface area contributed by atoms with Crippen molar-refractivity contribution in [1.82, 2.24) is 4.98 Å². The van der Waals surface area contributed by atoms with Crippen LogP contribution in [0, 0.1) is 0 Å². The minimum atomic E-state index is -1.25. The number of carboxylic acid groups (broad SMARTS) is 1.